The van der Waals surface area contributed by atoms with Gasteiger partial charge in [-0.25, -0.2) is 4.79 Å². The molecule has 0 aromatic heterocycles. The van der Waals surface area contributed by atoms with Crippen molar-refractivity contribution in [3.05, 3.63) is 0 Å². The fourth-order valence-corrected chi connectivity index (χ4v) is 2.84. The number of hydrogen-bond donors (Lipinski definition) is 8. The molecule has 182 valence electrons. The zero-order chi connectivity index (χ0) is 25.0. The van der Waals surface area contributed by atoms with Crippen LogP contribution in [0.2, 0.25) is 0 Å². The van der Waals surface area contributed by atoms with Crippen LogP contribution in [0.5, 0.6) is 0 Å². The first-order valence-electron chi connectivity index (χ1n) is 9.85. The summed E-state index contributed by atoms with van der Waals surface area (Å²) in [5.74, 6) is -5.64. The fourth-order valence-electron chi connectivity index (χ4n) is 2.59. The molecule has 4 atom stereocenters. The fraction of sp³-hybridized carbons (Fsp3) is 0.667. The molecule has 0 aliphatic rings. The number of primary amides is 2. The Balaban J connectivity index is 5.25. The number of amides is 5. The monoisotopic (exact) mass is 476 g/mol. The Hall–Kier alpha value is -2.87. The number of hydrogen-bond acceptors (Lipinski definition) is 8. The second-order valence-electron chi connectivity index (χ2n) is 7.62. The van der Waals surface area contributed by atoms with Crippen LogP contribution < -0.4 is 33.2 Å². The van der Waals surface area contributed by atoms with Gasteiger partial charge in [0.15, 0.2) is 0 Å². The Kier molecular flexibility index (Phi) is 13.0. The molecule has 0 aromatic carbocycles. The third-order valence-electron chi connectivity index (χ3n) is 4.21. The van der Waals surface area contributed by atoms with E-state index < -0.39 is 66.1 Å². The highest BCUT2D eigenvalue weighted by Gasteiger charge is 2.30. The molecule has 10 N–H and O–H groups in total. The molecule has 0 bridgehead atoms. The van der Waals surface area contributed by atoms with Crippen LogP contribution in [0.4, 0.5) is 0 Å². The third kappa shape index (κ3) is 11.5. The second-order valence-corrected chi connectivity index (χ2v) is 7.98. The van der Waals surface area contributed by atoms with Crippen molar-refractivity contribution in [2.75, 3.05) is 5.75 Å². The summed E-state index contributed by atoms with van der Waals surface area (Å²) >= 11 is 3.97. The van der Waals surface area contributed by atoms with Gasteiger partial charge < -0.3 is 38.3 Å². The highest BCUT2D eigenvalue weighted by molar-refractivity contribution is 7.80. The molecule has 13 nitrogen and oxygen atoms in total. The average Bonchev–Trinajstić information content (AvgIpc) is 2.66. The van der Waals surface area contributed by atoms with Crippen LogP contribution in [0.1, 0.15) is 39.5 Å². The Morgan fingerprint density at radius 1 is 0.844 bits per heavy atom. The highest BCUT2D eigenvalue weighted by Crippen LogP contribution is 2.04. The first-order valence-corrected chi connectivity index (χ1v) is 10.5. The number of carboxylic acid groups (broad SMARTS) is 1. The van der Waals surface area contributed by atoms with Crippen LogP contribution in [0, 0.1) is 5.92 Å². The lowest BCUT2D eigenvalue weighted by Crippen LogP contribution is -2.58. The van der Waals surface area contributed by atoms with Gasteiger partial charge in [-0.2, -0.15) is 12.6 Å². The van der Waals surface area contributed by atoms with Gasteiger partial charge in [0.25, 0.3) is 0 Å². The first-order chi connectivity index (χ1) is 14.8. The number of carbonyl (C=O) groups excluding carboxylic acids is 5. The number of carboxylic acids is 1. The first kappa shape index (κ1) is 29.1. The lowest BCUT2D eigenvalue weighted by molar-refractivity contribution is -0.142. The van der Waals surface area contributed by atoms with E-state index in [9.17, 15) is 33.9 Å². The van der Waals surface area contributed by atoms with Crippen LogP contribution in [0.3, 0.4) is 0 Å². The summed E-state index contributed by atoms with van der Waals surface area (Å²) in [4.78, 5) is 70.8. The minimum atomic E-state index is -1.43. The molecule has 0 heterocycles. The van der Waals surface area contributed by atoms with Crippen LogP contribution in [0.15, 0.2) is 0 Å². The van der Waals surface area contributed by atoms with Crippen LogP contribution in [0.25, 0.3) is 0 Å². The van der Waals surface area contributed by atoms with Crippen LogP contribution in [-0.4, -0.2) is 70.5 Å². The smallest absolute Gasteiger partial charge is 0.326 e. The van der Waals surface area contributed by atoms with Crippen LogP contribution in [-0.2, 0) is 28.8 Å². The topological polar surface area (TPSA) is 237 Å². The van der Waals surface area contributed by atoms with Crippen molar-refractivity contribution >= 4 is 48.1 Å². The maximum atomic E-state index is 12.6. The number of carbonyl (C=O) groups is 6. The summed E-state index contributed by atoms with van der Waals surface area (Å²) in [5, 5.41) is 16.0. The summed E-state index contributed by atoms with van der Waals surface area (Å²) in [6, 6.07) is -5.07. The van der Waals surface area contributed by atoms with Gasteiger partial charge in [-0.05, 0) is 18.8 Å². The summed E-state index contributed by atoms with van der Waals surface area (Å²) in [6.07, 6.45) is -0.750. The Morgan fingerprint density at radius 3 is 1.78 bits per heavy atom. The molecule has 0 aliphatic carbocycles. The molecule has 0 radical (unpaired) electrons. The molecule has 0 fully saturated rings. The van der Waals surface area contributed by atoms with Gasteiger partial charge in [0.1, 0.15) is 18.1 Å². The second kappa shape index (κ2) is 14.2. The van der Waals surface area contributed by atoms with E-state index in [0.29, 0.717) is 6.42 Å². The zero-order valence-electron chi connectivity index (χ0n) is 18.0. The molecule has 14 heteroatoms. The van der Waals surface area contributed by atoms with E-state index in [0.717, 1.165) is 0 Å². The predicted molar refractivity (Wildman–Crippen MR) is 117 cm³/mol. The summed E-state index contributed by atoms with van der Waals surface area (Å²) in [7, 11) is 0. The molecule has 5 amide bonds. The van der Waals surface area contributed by atoms with E-state index in [1.54, 1.807) is 0 Å². The van der Waals surface area contributed by atoms with E-state index in [4.69, 9.17) is 17.2 Å². The maximum Gasteiger partial charge on any atom is 0.326 e. The average molecular weight is 477 g/mol. The van der Waals surface area contributed by atoms with Gasteiger partial charge >= 0.3 is 5.97 Å². The van der Waals surface area contributed by atoms with E-state index in [2.05, 4.69) is 28.6 Å². The lowest BCUT2D eigenvalue weighted by Gasteiger charge is -2.24. The zero-order valence-corrected chi connectivity index (χ0v) is 18.9. The van der Waals surface area contributed by atoms with Crippen LogP contribution >= 0.6 is 12.6 Å². The quantitative estimate of drug-likeness (QED) is 0.113. The molecule has 0 aliphatic heterocycles. The number of rotatable bonds is 15. The van der Waals surface area contributed by atoms with Gasteiger partial charge in [-0.1, -0.05) is 13.8 Å². The van der Waals surface area contributed by atoms with Gasteiger partial charge in [-0.15, -0.1) is 0 Å². The van der Waals surface area contributed by atoms with E-state index in [1.165, 1.54) is 0 Å². The summed E-state index contributed by atoms with van der Waals surface area (Å²) < 4.78 is 0. The van der Waals surface area contributed by atoms with Crippen molar-refractivity contribution in [2.24, 2.45) is 23.1 Å². The van der Waals surface area contributed by atoms with Crippen molar-refractivity contribution < 1.29 is 33.9 Å². The Labute approximate surface area is 191 Å². The van der Waals surface area contributed by atoms with Crippen molar-refractivity contribution in [3.63, 3.8) is 0 Å². The van der Waals surface area contributed by atoms with Gasteiger partial charge in [0.2, 0.25) is 29.5 Å². The van der Waals surface area contributed by atoms with Gasteiger partial charge in [-0.3, -0.25) is 24.0 Å². The van der Waals surface area contributed by atoms with Gasteiger partial charge in [0, 0.05) is 12.2 Å². The van der Waals surface area contributed by atoms with Crippen molar-refractivity contribution in [3.8, 4) is 0 Å². The Bertz CT molecular complexity index is 718. The third-order valence-corrected chi connectivity index (χ3v) is 4.58. The van der Waals surface area contributed by atoms with Gasteiger partial charge in [0.05, 0.1) is 12.5 Å². The Morgan fingerprint density at radius 2 is 1.34 bits per heavy atom. The lowest BCUT2D eigenvalue weighted by atomic mass is 10.0. The summed E-state index contributed by atoms with van der Waals surface area (Å²) in [6.45, 7) is 3.70. The largest absolute Gasteiger partial charge is 0.480 e. The molecule has 0 rings (SSSR count). The number of aliphatic carboxylic acids is 1. The SMILES string of the molecule is CC(C)CC(N)C(=O)NC(CC(N)=O)C(=O)NC(CS)C(=O)NC(CCC(N)=O)C(=O)O. The molecular weight excluding hydrogens is 444 g/mol. The predicted octanol–water partition coefficient (Wildman–Crippen LogP) is -3.03. The van der Waals surface area contributed by atoms with E-state index in [-0.39, 0.29) is 24.5 Å². The molecule has 0 aromatic rings. The molecule has 32 heavy (non-hydrogen) atoms. The van der Waals surface area contributed by atoms with E-state index in [1.807, 2.05) is 13.8 Å². The maximum absolute atomic E-state index is 12.6. The molecule has 0 saturated carbocycles. The van der Waals surface area contributed by atoms with Crippen molar-refractivity contribution in [1.82, 2.24) is 16.0 Å². The number of nitrogens with one attached hydrogen (secondary N) is 3. The standard InChI is InChI=1S/C18H32N6O7S/c1-8(2)5-9(19)15(27)23-11(6-14(21)26)16(28)24-12(7-32)17(29)22-10(18(30)31)3-4-13(20)25/h8-12,32H,3-7,19H2,1-2H3,(H2,20,25)(H2,21,26)(H,22,29)(H,23,27)(H,24,28)(H,30,31). The minimum Gasteiger partial charge on any atom is -0.480 e. The normalized spacial score (nSPS) is 14.5. The van der Waals surface area contributed by atoms with Crippen molar-refractivity contribution in [1.29, 1.82) is 0 Å². The highest BCUT2D eigenvalue weighted by atomic mass is 32.1. The number of nitrogens with two attached hydrogens (primary N) is 3. The van der Waals surface area contributed by atoms with Crippen molar-refractivity contribution in [2.45, 2.75) is 63.7 Å². The molecule has 0 saturated heterocycles. The minimum absolute atomic E-state index is 0.105. The molecule has 0 spiro atoms. The summed E-state index contributed by atoms with van der Waals surface area (Å²) in [5.41, 5.74) is 15.9. The molecular formula is C18H32N6O7S. The number of thiol groups is 1. The van der Waals surface area contributed by atoms with E-state index >= 15 is 0 Å². The molecule has 4 unspecified atom stereocenters.